The van der Waals surface area contributed by atoms with Crippen LogP contribution in [0.2, 0.25) is 0 Å². The van der Waals surface area contributed by atoms with Gasteiger partial charge in [0.25, 0.3) is 0 Å². The molecule has 0 aromatic carbocycles. The van der Waals surface area contributed by atoms with Crippen molar-refractivity contribution in [3.8, 4) is 0 Å². The van der Waals surface area contributed by atoms with E-state index in [0.717, 1.165) is 12.0 Å². The molecule has 0 spiro atoms. The van der Waals surface area contributed by atoms with Gasteiger partial charge in [0.2, 0.25) is 5.95 Å². The molecule has 0 fully saturated rings. The average Bonchev–Trinajstić information content (AvgIpc) is 2.28. The van der Waals surface area contributed by atoms with Crippen LogP contribution in [-0.2, 0) is 0 Å². The molecule has 1 aromatic heterocycles. The highest BCUT2D eigenvalue weighted by molar-refractivity contribution is 7.98. The molecule has 1 heterocycles. The Morgan fingerprint density at radius 3 is 2.60 bits per heavy atom. The van der Waals surface area contributed by atoms with Gasteiger partial charge < -0.3 is 4.90 Å². The van der Waals surface area contributed by atoms with Crippen molar-refractivity contribution < 1.29 is 4.79 Å². The van der Waals surface area contributed by atoms with Crippen LogP contribution < -0.4 is 4.90 Å². The second kappa shape index (κ2) is 5.70. The van der Waals surface area contributed by atoms with Crippen molar-refractivity contribution in [2.24, 2.45) is 0 Å². The number of carbonyl (C=O) groups is 1. The molecule has 0 amide bonds. The van der Waals surface area contributed by atoms with Gasteiger partial charge in [-0.1, -0.05) is 0 Å². The maximum absolute atomic E-state index is 10.4. The average molecular weight is 225 g/mol. The summed E-state index contributed by atoms with van der Waals surface area (Å²) in [6, 6.07) is 0.377. The maximum Gasteiger partial charge on any atom is 0.225 e. The van der Waals surface area contributed by atoms with Crippen LogP contribution in [0.1, 0.15) is 17.3 Å². The predicted octanol–water partition coefficient (Wildman–Crippen LogP) is 1.48. The van der Waals surface area contributed by atoms with Gasteiger partial charge in [-0.3, -0.25) is 4.79 Å². The van der Waals surface area contributed by atoms with E-state index < -0.39 is 0 Å². The van der Waals surface area contributed by atoms with Gasteiger partial charge >= 0.3 is 0 Å². The van der Waals surface area contributed by atoms with Gasteiger partial charge in [0.05, 0.1) is 5.56 Å². The van der Waals surface area contributed by atoms with Crippen LogP contribution in [0.4, 0.5) is 5.95 Å². The van der Waals surface area contributed by atoms with Gasteiger partial charge in [-0.2, -0.15) is 11.8 Å². The van der Waals surface area contributed by atoms with Gasteiger partial charge in [0.15, 0.2) is 6.29 Å². The van der Waals surface area contributed by atoms with E-state index in [4.69, 9.17) is 0 Å². The standard InChI is InChI=1S/C10H15N3OS/c1-8(7-15-3)13(2)10-11-4-9(6-14)5-12-10/h4-6,8H,7H2,1-3H3. The fraction of sp³-hybridized carbons (Fsp3) is 0.500. The third-order valence-electron chi connectivity index (χ3n) is 2.18. The molecule has 0 radical (unpaired) electrons. The predicted molar refractivity (Wildman–Crippen MR) is 63.7 cm³/mol. The Morgan fingerprint density at radius 1 is 1.53 bits per heavy atom. The summed E-state index contributed by atoms with van der Waals surface area (Å²) in [5.74, 6) is 1.68. The molecular weight excluding hydrogens is 210 g/mol. The molecule has 1 rings (SSSR count). The molecule has 5 heteroatoms. The van der Waals surface area contributed by atoms with E-state index in [-0.39, 0.29) is 0 Å². The van der Waals surface area contributed by atoms with Crippen molar-refractivity contribution in [1.29, 1.82) is 0 Å². The van der Waals surface area contributed by atoms with Crippen molar-refractivity contribution in [2.75, 3.05) is 24.0 Å². The van der Waals surface area contributed by atoms with Gasteiger partial charge in [-0.05, 0) is 13.2 Å². The van der Waals surface area contributed by atoms with E-state index in [1.54, 1.807) is 11.8 Å². The van der Waals surface area contributed by atoms with Crippen LogP contribution in [0, 0.1) is 0 Å². The Morgan fingerprint density at radius 2 is 2.13 bits per heavy atom. The molecule has 15 heavy (non-hydrogen) atoms. The number of carbonyl (C=O) groups excluding carboxylic acids is 1. The van der Waals surface area contributed by atoms with Crippen molar-refractivity contribution in [1.82, 2.24) is 9.97 Å². The number of aldehydes is 1. The number of thioether (sulfide) groups is 1. The number of hydrogen-bond donors (Lipinski definition) is 0. The molecule has 0 aliphatic carbocycles. The first-order valence-corrected chi connectivity index (χ1v) is 6.07. The molecule has 0 saturated heterocycles. The minimum Gasteiger partial charge on any atom is -0.340 e. The Balaban J connectivity index is 2.73. The summed E-state index contributed by atoms with van der Waals surface area (Å²) in [4.78, 5) is 20.7. The third-order valence-corrected chi connectivity index (χ3v) is 2.99. The van der Waals surface area contributed by atoms with Crippen LogP contribution in [0.15, 0.2) is 12.4 Å². The summed E-state index contributed by atoms with van der Waals surface area (Å²) < 4.78 is 0. The van der Waals surface area contributed by atoms with Gasteiger partial charge in [-0.25, -0.2) is 9.97 Å². The molecule has 1 aromatic rings. The topological polar surface area (TPSA) is 46.1 Å². The number of aromatic nitrogens is 2. The van der Waals surface area contributed by atoms with E-state index in [0.29, 0.717) is 17.6 Å². The first kappa shape index (κ1) is 12.0. The molecule has 0 bridgehead atoms. The van der Waals surface area contributed by atoms with Crippen molar-refractivity contribution >= 4 is 24.0 Å². The molecule has 1 atom stereocenters. The fourth-order valence-corrected chi connectivity index (χ4v) is 1.83. The molecule has 4 nitrogen and oxygen atoms in total. The van der Waals surface area contributed by atoms with Crippen LogP contribution in [0.3, 0.4) is 0 Å². The van der Waals surface area contributed by atoms with E-state index in [9.17, 15) is 4.79 Å². The number of anilines is 1. The van der Waals surface area contributed by atoms with Crippen molar-refractivity contribution in [2.45, 2.75) is 13.0 Å². The quantitative estimate of drug-likeness (QED) is 0.710. The number of rotatable bonds is 5. The van der Waals surface area contributed by atoms with Gasteiger partial charge in [-0.15, -0.1) is 0 Å². The Bertz CT molecular complexity index is 315. The van der Waals surface area contributed by atoms with Gasteiger partial charge in [0.1, 0.15) is 0 Å². The first-order valence-electron chi connectivity index (χ1n) is 4.68. The smallest absolute Gasteiger partial charge is 0.225 e. The minimum absolute atomic E-state index is 0.377. The lowest BCUT2D eigenvalue weighted by molar-refractivity contribution is 0.112. The third kappa shape index (κ3) is 3.20. The largest absolute Gasteiger partial charge is 0.340 e. The number of nitrogens with zero attached hydrogens (tertiary/aromatic N) is 3. The highest BCUT2D eigenvalue weighted by atomic mass is 32.2. The first-order chi connectivity index (χ1) is 7.19. The molecule has 0 aliphatic rings. The van der Waals surface area contributed by atoms with Crippen LogP contribution >= 0.6 is 11.8 Å². The number of hydrogen-bond acceptors (Lipinski definition) is 5. The fourth-order valence-electron chi connectivity index (χ4n) is 1.12. The van der Waals surface area contributed by atoms with Crippen LogP contribution in [0.5, 0.6) is 0 Å². The lowest BCUT2D eigenvalue weighted by atomic mass is 10.3. The van der Waals surface area contributed by atoms with E-state index >= 15 is 0 Å². The molecule has 1 unspecified atom stereocenters. The van der Waals surface area contributed by atoms with Crippen molar-refractivity contribution in [3.63, 3.8) is 0 Å². The minimum atomic E-state index is 0.377. The Hall–Kier alpha value is -1.10. The highest BCUT2D eigenvalue weighted by Gasteiger charge is 2.11. The van der Waals surface area contributed by atoms with Crippen LogP contribution in [-0.4, -0.2) is 41.4 Å². The summed E-state index contributed by atoms with van der Waals surface area (Å²) in [7, 11) is 1.96. The molecular formula is C10H15N3OS. The Kier molecular flexibility index (Phi) is 4.55. The monoisotopic (exact) mass is 225 g/mol. The zero-order chi connectivity index (χ0) is 11.3. The molecule has 0 aliphatic heterocycles. The normalized spacial score (nSPS) is 12.2. The van der Waals surface area contributed by atoms with E-state index in [2.05, 4.69) is 23.1 Å². The van der Waals surface area contributed by atoms with Crippen LogP contribution in [0.25, 0.3) is 0 Å². The highest BCUT2D eigenvalue weighted by Crippen LogP contribution is 2.10. The van der Waals surface area contributed by atoms with E-state index in [1.807, 2.05) is 11.9 Å². The van der Waals surface area contributed by atoms with Gasteiger partial charge in [0, 0.05) is 31.2 Å². The lowest BCUT2D eigenvalue weighted by Crippen LogP contribution is -2.32. The molecule has 82 valence electrons. The molecule has 0 saturated carbocycles. The maximum atomic E-state index is 10.4. The summed E-state index contributed by atoms with van der Waals surface area (Å²) in [6.45, 7) is 2.12. The second-order valence-corrected chi connectivity index (χ2v) is 4.26. The zero-order valence-electron chi connectivity index (χ0n) is 9.17. The summed E-state index contributed by atoms with van der Waals surface area (Å²) in [6.07, 6.45) is 5.89. The van der Waals surface area contributed by atoms with Crippen molar-refractivity contribution in [3.05, 3.63) is 18.0 Å². The Labute approximate surface area is 94.1 Å². The lowest BCUT2D eigenvalue weighted by Gasteiger charge is -2.23. The second-order valence-electron chi connectivity index (χ2n) is 3.35. The van der Waals surface area contributed by atoms with E-state index in [1.165, 1.54) is 12.4 Å². The SMILES string of the molecule is CSCC(C)N(C)c1ncc(C=O)cn1. The zero-order valence-corrected chi connectivity index (χ0v) is 9.99. The molecule has 0 N–H and O–H groups in total. The summed E-state index contributed by atoms with van der Waals surface area (Å²) in [5.41, 5.74) is 0.504. The summed E-state index contributed by atoms with van der Waals surface area (Å²) in [5, 5.41) is 0. The summed E-state index contributed by atoms with van der Waals surface area (Å²) >= 11 is 1.79.